The van der Waals surface area contributed by atoms with Crippen molar-refractivity contribution in [1.29, 1.82) is 0 Å². The van der Waals surface area contributed by atoms with Crippen molar-refractivity contribution in [2.75, 3.05) is 18.4 Å². The van der Waals surface area contributed by atoms with Gasteiger partial charge in [-0.2, -0.15) is 0 Å². The number of amides is 1. The summed E-state index contributed by atoms with van der Waals surface area (Å²) in [6.45, 7) is 6.63. The molecule has 1 aromatic rings. The van der Waals surface area contributed by atoms with Crippen LogP contribution in [-0.4, -0.2) is 39.9 Å². The number of likely N-dealkylation sites (tertiary alicyclic amines) is 1. The molecule has 3 N–H and O–H groups in total. The lowest BCUT2D eigenvalue weighted by Crippen LogP contribution is -2.45. The summed E-state index contributed by atoms with van der Waals surface area (Å²) in [6, 6.07) is 0.445. The van der Waals surface area contributed by atoms with Gasteiger partial charge in [-0.1, -0.05) is 6.92 Å². The highest BCUT2D eigenvalue weighted by molar-refractivity contribution is 5.76. The molecule has 2 rings (SSSR count). The molecule has 0 aromatic carbocycles. The van der Waals surface area contributed by atoms with Crippen molar-refractivity contribution in [3.63, 3.8) is 0 Å². The van der Waals surface area contributed by atoms with E-state index in [9.17, 15) is 4.79 Å². The molecule has 1 saturated heterocycles. The number of aromatic nitrogens is 2. The summed E-state index contributed by atoms with van der Waals surface area (Å²) in [5.41, 5.74) is 6.36. The van der Waals surface area contributed by atoms with Gasteiger partial charge in [-0.05, 0) is 26.2 Å². The molecule has 1 aliphatic rings. The Labute approximate surface area is 126 Å². The van der Waals surface area contributed by atoms with Crippen LogP contribution in [0.4, 0.5) is 5.82 Å². The van der Waals surface area contributed by atoms with Crippen LogP contribution in [-0.2, 0) is 11.3 Å². The van der Waals surface area contributed by atoms with E-state index in [1.807, 2.05) is 0 Å². The van der Waals surface area contributed by atoms with E-state index in [-0.39, 0.29) is 11.8 Å². The van der Waals surface area contributed by atoms with Gasteiger partial charge >= 0.3 is 0 Å². The van der Waals surface area contributed by atoms with E-state index in [0.29, 0.717) is 19.1 Å². The van der Waals surface area contributed by atoms with Crippen LogP contribution in [0.1, 0.15) is 38.8 Å². The molecule has 2 atom stereocenters. The minimum Gasteiger partial charge on any atom is -0.369 e. The molecule has 2 unspecified atom stereocenters. The fourth-order valence-corrected chi connectivity index (χ4v) is 2.62. The van der Waals surface area contributed by atoms with Gasteiger partial charge in [0.1, 0.15) is 5.82 Å². The van der Waals surface area contributed by atoms with Gasteiger partial charge in [0.25, 0.3) is 0 Å². The predicted octanol–water partition coefficient (Wildman–Crippen LogP) is 1.38. The number of hydrogen-bond acceptors (Lipinski definition) is 5. The van der Waals surface area contributed by atoms with E-state index in [4.69, 9.17) is 5.73 Å². The average molecular weight is 291 g/mol. The predicted molar refractivity (Wildman–Crippen MR) is 82.6 cm³/mol. The molecule has 0 radical (unpaired) electrons. The number of hydrogen-bond donors (Lipinski definition) is 2. The molecule has 1 aromatic heterocycles. The third-order valence-corrected chi connectivity index (χ3v) is 4.04. The van der Waals surface area contributed by atoms with E-state index in [1.165, 1.54) is 0 Å². The van der Waals surface area contributed by atoms with E-state index in [2.05, 4.69) is 34.0 Å². The zero-order valence-corrected chi connectivity index (χ0v) is 12.9. The minimum atomic E-state index is -0.197. The first kappa shape index (κ1) is 15.7. The van der Waals surface area contributed by atoms with Crippen LogP contribution in [0.2, 0.25) is 0 Å². The van der Waals surface area contributed by atoms with Crippen molar-refractivity contribution >= 4 is 11.7 Å². The van der Waals surface area contributed by atoms with Crippen LogP contribution in [0.15, 0.2) is 12.4 Å². The maximum Gasteiger partial charge on any atom is 0.221 e. The largest absolute Gasteiger partial charge is 0.369 e. The first-order valence-corrected chi connectivity index (χ1v) is 7.68. The summed E-state index contributed by atoms with van der Waals surface area (Å²) < 4.78 is 0. The molecule has 1 amide bonds. The molecule has 1 fully saturated rings. The van der Waals surface area contributed by atoms with Crippen molar-refractivity contribution in [2.24, 2.45) is 11.7 Å². The van der Waals surface area contributed by atoms with Crippen molar-refractivity contribution in [3.8, 4) is 0 Å². The monoisotopic (exact) mass is 291 g/mol. The molecule has 0 spiro atoms. The SMILES string of the molecule is CCCNc1cnc(CN2CC(C(N)=O)CCC2C)cn1. The lowest BCUT2D eigenvalue weighted by Gasteiger charge is -2.36. The highest BCUT2D eigenvalue weighted by Gasteiger charge is 2.28. The minimum absolute atomic E-state index is 0.0420. The molecular weight excluding hydrogens is 266 g/mol. The number of nitrogens with two attached hydrogens (primary N) is 1. The molecule has 116 valence electrons. The van der Waals surface area contributed by atoms with E-state index in [0.717, 1.165) is 37.3 Å². The number of nitrogens with zero attached hydrogens (tertiary/aromatic N) is 3. The number of anilines is 1. The molecule has 1 aliphatic heterocycles. The molecule has 6 heteroatoms. The first-order chi connectivity index (χ1) is 10.1. The Kier molecular flexibility index (Phi) is 5.50. The number of primary amides is 1. The van der Waals surface area contributed by atoms with E-state index in [1.54, 1.807) is 12.4 Å². The third kappa shape index (κ3) is 4.39. The molecular formula is C15H25N5O. The molecule has 2 heterocycles. The number of carbonyl (C=O) groups excluding carboxylic acids is 1. The fourth-order valence-electron chi connectivity index (χ4n) is 2.62. The van der Waals surface area contributed by atoms with Gasteiger partial charge in [-0.3, -0.25) is 14.7 Å². The summed E-state index contributed by atoms with van der Waals surface area (Å²) in [7, 11) is 0. The number of nitrogens with one attached hydrogen (secondary N) is 1. The van der Waals surface area contributed by atoms with Gasteiger partial charge in [-0.15, -0.1) is 0 Å². The Morgan fingerprint density at radius 1 is 1.43 bits per heavy atom. The second kappa shape index (κ2) is 7.36. The van der Waals surface area contributed by atoms with Gasteiger partial charge in [0, 0.05) is 25.7 Å². The van der Waals surface area contributed by atoms with Crippen LogP contribution in [0.5, 0.6) is 0 Å². The van der Waals surface area contributed by atoms with Crippen LogP contribution in [0.25, 0.3) is 0 Å². The Bertz CT molecular complexity index is 462. The zero-order valence-electron chi connectivity index (χ0n) is 12.9. The summed E-state index contributed by atoms with van der Waals surface area (Å²) in [6.07, 6.45) is 6.52. The molecule has 6 nitrogen and oxygen atoms in total. The van der Waals surface area contributed by atoms with Crippen LogP contribution >= 0.6 is 0 Å². The highest BCUT2D eigenvalue weighted by atomic mass is 16.1. The normalized spacial score (nSPS) is 23.0. The Morgan fingerprint density at radius 3 is 2.86 bits per heavy atom. The van der Waals surface area contributed by atoms with Gasteiger partial charge < -0.3 is 11.1 Å². The topological polar surface area (TPSA) is 84.1 Å². The Hall–Kier alpha value is -1.69. The quantitative estimate of drug-likeness (QED) is 0.827. The summed E-state index contributed by atoms with van der Waals surface area (Å²) in [4.78, 5) is 22.4. The Balaban J connectivity index is 1.94. The maximum atomic E-state index is 11.4. The van der Waals surface area contributed by atoms with E-state index >= 15 is 0 Å². The van der Waals surface area contributed by atoms with Gasteiger partial charge in [0.2, 0.25) is 5.91 Å². The average Bonchev–Trinajstić information content (AvgIpc) is 2.48. The number of carbonyl (C=O) groups is 1. The molecule has 0 saturated carbocycles. The van der Waals surface area contributed by atoms with Crippen molar-refractivity contribution in [2.45, 2.75) is 45.7 Å². The number of piperidine rings is 1. The van der Waals surface area contributed by atoms with Gasteiger partial charge in [-0.25, -0.2) is 4.98 Å². The number of rotatable bonds is 6. The second-order valence-electron chi connectivity index (χ2n) is 5.77. The van der Waals surface area contributed by atoms with Crippen molar-refractivity contribution in [1.82, 2.24) is 14.9 Å². The van der Waals surface area contributed by atoms with Crippen LogP contribution < -0.4 is 11.1 Å². The van der Waals surface area contributed by atoms with Crippen molar-refractivity contribution in [3.05, 3.63) is 18.1 Å². The zero-order chi connectivity index (χ0) is 15.2. The summed E-state index contributed by atoms with van der Waals surface area (Å²) in [5.74, 6) is 0.569. The van der Waals surface area contributed by atoms with Crippen LogP contribution in [0.3, 0.4) is 0 Å². The van der Waals surface area contributed by atoms with Gasteiger partial charge in [0.05, 0.1) is 24.0 Å². The van der Waals surface area contributed by atoms with Gasteiger partial charge in [0.15, 0.2) is 0 Å². The molecule has 0 bridgehead atoms. The molecule has 0 aliphatic carbocycles. The summed E-state index contributed by atoms with van der Waals surface area (Å²) in [5, 5.41) is 3.21. The molecule has 21 heavy (non-hydrogen) atoms. The lowest BCUT2D eigenvalue weighted by molar-refractivity contribution is -0.124. The first-order valence-electron chi connectivity index (χ1n) is 7.68. The smallest absolute Gasteiger partial charge is 0.221 e. The van der Waals surface area contributed by atoms with Crippen molar-refractivity contribution < 1.29 is 4.79 Å². The van der Waals surface area contributed by atoms with Crippen LogP contribution in [0, 0.1) is 5.92 Å². The highest BCUT2D eigenvalue weighted by Crippen LogP contribution is 2.23. The second-order valence-corrected chi connectivity index (χ2v) is 5.77. The fraction of sp³-hybridized carbons (Fsp3) is 0.667. The van der Waals surface area contributed by atoms with E-state index < -0.39 is 0 Å². The maximum absolute atomic E-state index is 11.4. The standard InChI is InChI=1S/C15H25N5O/c1-3-6-17-14-8-18-13(7-19-14)10-20-9-12(15(16)21)5-4-11(20)2/h7-8,11-12H,3-6,9-10H2,1-2H3,(H2,16,21)(H,17,19). The Morgan fingerprint density at radius 2 is 2.24 bits per heavy atom. The third-order valence-electron chi connectivity index (χ3n) is 4.04. The lowest BCUT2D eigenvalue weighted by atomic mass is 9.93. The summed E-state index contributed by atoms with van der Waals surface area (Å²) >= 11 is 0.